The highest BCUT2D eigenvalue weighted by molar-refractivity contribution is 6.76. The van der Waals surface area contributed by atoms with Crippen LogP contribution in [0.1, 0.15) is 5.56 Å². The standard InChI is InChI=1S/C13H17N4Si/c1-18(2,3)11-17(10-15-9-16-17)13-7-5-4-6-12(13)8-14/h4-7,9-10H,11H2,1-3H3/q+1. The van der Waals surface area contributed by atoms with Gasteiger partial charge in [-0.25, -0.2) is 0 Å². The highest BCUT2D eigenvalue weighted by Gasteiger charge is 2.39. The molecular weight excluding hydrogens is 240 g/mol. The molecule has 92 valence electrons. The Balaban J connectivity index is 2.53. The molecule has 1 atom stereocenters. The van der Waals surface area contributed by atoms with Crippen molar-refractivity contribution in [2.75, 3.05) is 6.17 Å². The number of para-hydroxylation sites is 1. The average Bonchev–Trinajstić information content (AvgIpc) is 2.76. The molecule has 0 radical (unpaired) electrons. The van der Waals surface area contributed by atoms with E-state index in [4.69, 9.17) is 0 Å². The van der Waals surface area contributed by atoms with E-state index in [1.54, 1.807) is 6.34 Å². The molecule has 0 aliphatic carbocycles. The van der Waals surface area contributed by atoms with Gasteiger partial charge in [0.1, 0.15) is 19.7 Å². The molecule has 0 saturated carbocycles. The Morgan fingerprint density at radius 2 is 2.00 bits per heavy atom. The summed E-state index contributed by atoms with van der Waals surface area (Å²) in [6.45, 7) is 6.89. The fraction of sp³-hybridized carbons (Fsp3) is 0.308. The molecule has 0 N–H and O–H groups in total. The van der Waals surface area contributed by atoms with Crippen LogP contribution in [0, 0.1) is 11.3 Å². The van der Waals surface area contributed by atoms with Gasteiger partial charge < -0.3 is 0 Å². The summed E-state index contributed by atoms with van der Waals surface area (Å²) >= 11 is 0. The Labute approximate surface area is 108 Å². The van der Waals surface area contributed by atoms with E-state index in [0.29, 0.717) is 10.2 Å². The van der Waals surface area contributed by atoms with Crippen molar-refractivity contribution in [2.24, 2.45) is 10.1 Å². The van der Waals surface area contributed by atoms with E-state index in [1.807, 2.05) is 30.6 Å². The quantitative estimate of drug-likeness (QED) is 0.606. The molecule has 4 nitrogen and oxygen atoms in total. The molecule has 0 fully saturated rings. The molecule has 0 saturated heterocycles. The minimum absolute atomic E-state index is 0.333. The number of quaternary nitrogens is 1. The van der Waals surface area contributed by atoms with Crippen molar-refractivity contribution in [1.82, 2.24) is 4.59 Å². The van der Waals surface area contributed by atoms with Gasteiger partial charge in [-0.05, 0) is 6.07 Å². The maximum Gasteiger partial charge on any atom is 0.223 e. The molecule has 0 spiro atoms. The first-order chi connectivity index (χ1) is 8.47. The zero-order valence-electron chi connectivity index (χ0n) is 11.0. The van der Waals surface area contributed by atoms with E-state index in [1.165, 1.54) is 0 Å². The molecule has 5 heteroatoms. The molecule has 1 aromatic rings. The van der Waals surface area contributed by atoms with Gasteiger partial charge in [0.25, 0.3) is 0 Å². The second-order valence-electron chi connectivity index (χ2n) is 5.67. The topological polar surface area (TPSA) is 48.5 Å². The van der Waals surface area contributed by atoms with Crippen LogP contribution in [0.25, 0.3) is 0 Å². The summed E-state index contributed by atoms with van der Waals surface area (Å²) in [5.74, 6) is 0. The SMILES string of the molecule is C[Si](C)(C)C[N+]1(c2ccccc2C#N)C=NC=N1. The van der Waals surface area contributed by atoms with Crippen molar-refractivity contribution in [3.8, 4) is 6.07 Å². The lowest BCUT2D eigenvalue weighted by molar-refractivity contribution is 0.517. The van der Waals surface area contributed by atoms with Crippen molar-refractivity contribution in [3.05, 3.63) is 29.8 Å². The maximum atomic E-state index is 9.25. The zero-order valence-corrected chi connectivity index (χ0v) is 12.0. The second kappa shape index (κ2) is 4.48. The Bertz CT molecular complexity index is 537. The van der Waals surface area contributed by atoms with Crippen LogP contribution < -0.4 is 4.59 Å². The van der Waals surface area contributed by atoms with Crippen molar-refractivity contribution in [3.63, 3.8) is 0 Å². The molecule has 2 rings (SSSR count). The lowest BCUT2D eigenvalue weighted by atomic mass is 10.2. The van der Waals surface area contributed by atoms with E-state index in [0.717, 1.165) is 11.9 Å². The zero-order chi connectivity index (χ0) is 13.2. The third kappa shape index (κ3) is 2.40. The summed E-state index contributed by atoms with van der Waals surface area (Å²) in [6.07, 6.45) is 4.31. The molecular formula is C13H17N4Si+. The van der Waals surface area contributed by atoms with Crippen molar-refractivity contribution >= 4 is 26.4 Å². The van der Waals surface area contributed by atoms with E-state index >= 15 is 0 Å². The number of nitrogens with zero attached hydrogens (tertiary/aromatic N) is 4. The molecule has 0 amide bonds. The van der Waals surface area contributed by atoms with Crippen molar-refractivity contribution in [1.29, 1.82) is 5.26 Å². The van der Waals surface area contributed by atoms with Crippen molar-refractivity contribution in [2.45, 2.75) is 19.6 Å². The minimum atomic E-state index is -1.36. The van der Waals surface area contributed by atoms with Crippen LogP contribution in [0.15, 0.2) is 34.4 Å². The molecule has 0 aromatic heterocycles. The van der Waals surface area contributed by atoms with Gasteiger partial charge in [0.05, 0.1) is 6.17 Å². The lowest BCUT2D eigenvalue weighted by Gasteiger charge is -2.30. The van der Waals surface area contributed by atoms with Crippen LogP contribution in [0.4, 0.5) is 5.69 Å². The van der Waals surface area contributed by atoms with Crippen LogP contribution in [0.5, 0.6) is 0 Å². The van der Waals surface area contributed by atoms with Crippen LogP contribution in [-0.2, 0) is 0 Å². The summed E-state index contributed by atoms with van der Waals surface area (Å²) < 4.78 is 0.333. The number of aliphatic imine (C=N–C) groups is 1. The molecule has 1 aromatic carbocycles. The summed E-state index contributed by atoms with van der Waals surface area (Å²) in [5.41, 5.74) is 1.58. The number of rotatable bonds is 3. The molecule has 1 aliphatic heterocycles. The third-order valence-electron chi connectivity index (χ3n) is 2.74. The summed E-state index contributed by atoms with van der Waals surface area (Å²) in [7, 11) is -1.36. The van der Waals surface area contributed by atoms with Gasteiger partial charge in [-0.2, -0.15) is 10.3 Å². The second-order valence-corrected chi connectivity index (χ2v) is 11.1. The molecule has 18 heavy (non-hydrogen) atoms. The van der Waals surface area contributed by atoms with Crippen molar-refractivity contribution < 1.29 is 0 Å². The van der Waals surface area contributed by atoms with Gasteiger partial charge in [0.15, 0.2) is 12.0 Å². The fourth-order valence-electron chi connectivity index (χ4n) is 2.21. The van der Waals surface area contributed by atoms with Gasteiger partial charge in [0, 0.05) is 6.07 Å². The summed E-state index contributed by atoms with van der Waals surface area (Å²) in [4.78, 5) is 4.14. The molecule has 0 bridgehead atoms. The average molecular weight is 257 g/mol. The Morgan fingerprint density at radius 3 is 2.56 bits per heavy atom. The van der Waals surface area contributed by atoms with Gasteiger partial charge in [0.2, 0.25) is 6.34 Å². The Hall–Kier alpha value is -1.77. The Morgan fingerprint density at radius 1 is 1.28 bits per heavy atom. The lowest BCUT2D eigenvalue weighted by Crippen LogP contribution is -2.51. The van der Waals surface area contributed by atoms with Gasteiger partial charge >= 0.3 is 0 Å². The first kappa shape index (κ1) is 12.7. The Kier molecular flexibility index (Phi) is 3.16. The van der Waals surface area contributed by atoms with Gasteiger partial charge in [-0.1, -0.05) is 36.9 Å². The van der Waals surface area contributed by atoms with Crippen LogP contribution in [0.2, 0.25) is 19.6 Å². The largest absolute Gasteiger partial charge is 0.223 e. The molecule has 1 unspecified atom stereocenters. The fourth-order valence-corrected chi connectivity index (χ4v) is 3.99. The van der Waals surface area contributed by atoms with Crippen LogP contribution in [-0.4, -0.2) is 26.9 Å². The predicted molar refractivity (Wildman–Crippen MR) is 78.1 cm³/mol. The third-order valence-corrected chi connectivity index (χ3v) is 4.17. The minimum Gasteiger partial charge on any atom is -0.192 e. The number of hydrogen-bond donors (Lipinski definition) is 0. The number of hydrogen-bond acceptors (Lipinski definition) is 3. The smallest absolute Gasteiger partial charge is 0.192 e. The number of benzene rings is 1. The highest BCUT2D eigenvalue weighted by atomic mass is 28.3. The monoisotopic (exact) mass is 257 g/mol. The predicted octanol–water partition coefficient (Wildman–Crippen LogP) is 2.73. The van der Waals surface area contributed by atoms with E-state index in [-0.39, 0.29) is 0 Å². The van der Waals surface area contributed by atoms with Gasteiger partial charge in [-0.15, -0.1) is 4.59 Å². The summed E-state index contributed by atoms with van der Waals surface area (Å²) in [5, 5.41) is 13.8. The molecule has 1 heterocycles. The van der Waals surface area contributed by atoms with E-state index in [2.05, 4.69) is 35.8 Å². The molecule has 1 aliphatic rings. The highest BCUT2D eigenvalue weighted by Crippen LogP contribution is 2.29. The first-order valence-corrected chi connectivity index (χ1v) is 9.63. The summed E-state index contributed by atoms with van der Waals surface area (Å²) in [6, 6.07) is 9.87. The van der Waals surface area contributed by atoms with E-state index in [9.17, 15) is 5.26 Å². The van der Waals surface area contributed by atoms with E-state index < -0.39 is 8.07 Å². The van der Waals surface area contributed by atoms with Crippen LogP contribution >= 0.6 is 0 Å². The maximum absolute atomic E-state index is 9.25. The van der Waals surface area contributed by atoms with Crippen LogP contribution in [0.3, 0.4) is 0 Å². The first-order valence-electron chi connectivity index (χ1n) is 5.93. The number of nitriles is 1. The van der Waals surface area contributed by atoms with Gasteiger partial charge in [-0.3, -0.25) is 0 Å². The normalized spacial score (nSPS) is 22.1.